The number of halogens is 1. The lowest BCUT2D eigenvalue weighted by atomic mass is 10.2. The van der Waals surface area contributed by atoms with Gasteiger partial charge in [0.15, 0.2) is 0 Å². The summed E-state index contributed by atoms with van der Waals surface area (Å²) in [6.45, 7) is 0.0773. The highest BCUT2D eigenvalue weighted by Crippen LogP contribution is 2.22. The van der Waals surface area contributed by atoms with Crippen molar-refractivity contribution in [2.45, 2.75) is 11.4 Å². The van der Waals surface area contributed by atoms with Gasteiger partial charge in [0.05, 0.1) is 17.7 Å². The van der Waals surface area contributed by atoms with Crippen molar-refractivity contribution in [3.8, 4) is 5.75 Å². The molecule has 0 spiro atoms. The van der Waals surface area contributed by atoms with Gasteiger partial charge < -0.3 is 10.5 Å². The Bertz CT molecular complexity index is 730. The fourth-order valence-corrected chi connectivity index (χ4v) is 2.79. The van der Waals surface area contributed by atoms with E-state index >= 15 is 0 Å². The van der Waals surface area contributed by atoms with Gasteiger partial charge in [0, 0.05) is 6.54 Å². The number of hydrogen-bond acceptors (Lipinski definition) is 4. The minimum Gasteiger partial charge on any atom is -0.495 e. The average Bonchev–Trinajstić information content (AvgIpc) is 2.46. The first-order chi connectivity index (χ1) is 9.92. The first-order valence-corrected chi connectivity index (χ1v) is 7.58. The summed E-state index contributed by atoms with van der Waals surface area (Å²) >= 11 is 0. The molecule has 0 aliphatic heterocycles. The van der Waals surface area contributed by atoms with Gasteiger partial charge in [-0.1, -0.05) is 6.07 Å². The first-order valence-electron chi connectivity index (χ1n) is 6.10. The predicted octanol–water partition coefficient (Wildman–Crippen LogP) is 1.90. The van der Waals surface area contributed by atoms with Gasteiger partial charge in [-0.05, 0) is 42.0 Å². The maximum Gasteiger partial charge on any atom is 0.240 e. The Morgan fingerprint density at radius 3 is 2.43 bits per heavy atom. The molecule has 0 aromatic heterocycles. The van der Waals surface area contributed by atoms with Gasteiger partial charge in [0.1, 0.15) is 11.6 Å². The molecule has 3 N–H and O–H groups in total. The fraction of sp³-hybridized carbons (Fsp3) is 0.143. The Balaban J connectivity index is 2.11. The van der Waals surface area contributed by atoms with Crippen LogP contribution in [0.4, 0.5) is 10.1 Å². The van der Waals surface area contributed by atoms with Crippen LogP contribution in [-0.2, 0) is 16.6 Å². The molecule has 2 aromatic rings. The van der Waals surface area contributed by atoms with Crippen LogP contribution in [0.5, 0.6) is 5.75 Å². The zero-order valence-corrected chi connectivity index (χ0v) is 12.2. The van der Waals surface area contributed by atoms with Crippen LogP contribution in [-0.4, -0.2) is 15.5 Å². The number of nitrogen functional groups attached to an aromatic ring is 1. The van der Waals surface area contributed by atoms with E-state index in [4.69, 9.17) is 10.5 Å². The van der Waals surface area contributed by atoms with Crippen LogP contribution in [0.2, 0.25) is 0 Å². The van der Waals surface area contributed by atoms with Crippen molar-refractivity contribution in [3.63, 3.8) is 0 Å². The third kappa shape index (κ3) is 3.71. The van der Waals surface area contributed by atoms with E-state index in [9.17, 15) is 12.8 Å². The van der Waals surface area contributed by atoms with E-state index in [1.165, 1.54) is 19.2 Å². The van der Waals surface area contributed by atoms with E-state index in [0.717, 1.165) is 12.1 Å². The molecule has 0 radical (unpaired) electrons. The molecular weight excluding hydrogens is 295 g/mol. The topological polar surface area (TPSA) is 81.4 Å². The van der Waals surface area contributed by atoms with E-state index in [1.807, 2.05) is 0 Å². The molecule has 0 aliphatic rings. The molecule has 0 heterocycles. The van der Waals surface area contributed by atoms with Crippen LogP contribution in [0.15, 0.2) is 47.4 Å². The second kappa shape index (κ2) is 6.11. The van der Waals surface area contributed by atoms with E-state index in [0.29, 0.717) is 17.0 Å². The lowest BCUT2D eigenvalue weighted by molar-refractivity contribution is 0.417. The van der Waals surface area contributed by atoms with Crippen molar-refractivity contribution < 1.29 is 17.5 Å². The Labute approximate surface area is 122 Å². The van der Waals surface area contributed by atoms with Gasteiger partial charge >= 0.3 is 0 Å². The summed E-state index contributed by atoms with van der Waals surface area (Å²) in [5.74, 6) is 0.0389. The zero-order valence-electron chi connectivity index (χ0n) is 11.3. The SMILES string of the molecule is COc1ccc(CNS(=O)(=O)c2ccc(F)cc2)cc1N. The summed E-state index contributed by atoms with van der Waals surface area (Å²) < 4.78 is 44.3. The van der Waals surface area contributed by atoms with Crippen LogP contribution < -0.4 is 15.2 Å². The Morgan fingerprint density at radius 2 is 1.86 bits per heavy atom. The standard InChI is InChI=1S/C14H15FN2O3S/c1-20-14-7-2-10(8-13(14)16)9-17-21(18,19)12-5-3-11(15)4-6-12/h2-8,17H,9,16H2,1H3. The second-order valence-corrected chi connectivity index (χ2v) is 6.12. The summed E-state index contributed by atoms with van der Waals surface area (Å²) in [6.07, 6.45) is 0. The van der Waals surface area contributed by atoms with Gasteiger partial charge in [-0.3, -0.25) is 0 Å². The molecule has 0 saturated heterocycles. The van der Waals surface area contributed by atoms with Gasteiger partial charge in [0.25, 0.3) is 0 Å². The lowest BCUT2D eigenvalue weighted by Gasteiger charge is -2.09. The molecule has 0 unspecified atom stereocenters. The van der Waals surface area contributed by atoms with Gasteiger partial charge in [0.2, 0.25) is 10.0 Å². The van der Waals surface area contributed by atoms with E-state index in [1.54, 1.807) is 18.2 Å². The Morgan fingerprint density at radius 1 is 1.19 bits per heavy atom. The van der Waals surface area contributed by atoms with E-state index in [-0.39, 0.29) is 11.4 Å². The lowest BCUT2D eigenvalue weighted by Crippen LogP contribution is -2.23. The third-order valence-corrected chi connectivity index (χ3v) is 4.30. The molecule has 0 atom stereocenters. The Kier molecular flexibility index (Phi) is 4.44. The van der Waals surface area contributed by atoms with Crippen LogP contribution >= 0.6 is 0 Å². The number of nitrogens with two attached hydrogens (primary N) is 1. The van der Waals surface area contributed by atoms with Gasteiger partial charge in [-0.2, -0.15) is 0 Å². The monoisotopic (exact) mass is 310 g/mol. The smallest absolute Gasteiger partial charge is 0.240 e. The highest BCUT2D eigenvalue weighted by atomic mass is 32.2. The third-order valence-electron chi connectivity index (χ3n) is 2.88. The van der Waals surface area contributed by atoms with Crippen LogP contribution in [0.25, 0.3) is 0 Å². The minimum absolute atomic E-state index is 0.00498. The van der Waals surface area contributed by atoms with Crippen LogP contribution in [0, 0.1) is 5.82 Å². The van der Waals surface area contributed by atoms with Crippen molar-refractivity contribution in [3.05, 3.63) is 53.8 Å². The van der Waals surface area contributed by atoms with E-state index in [2.05, 4.69) is 4.72 Å². The summed E-state index contributed by atoms with van der Waals surface area (Å²) in [5.41, 5.74) is 6.88. The van der Waals surface area contributed by atoms with Gasteiger partial charge in [-0.15, -0.1) is 0 Å². The molecule has 5 nitrogen and oxygen atoms in total. The summed E-state index contributed by atoms with van der Waals surface area (Å²) in [5, 5.41) is 0. The number of ether oxygens (including phenoxy) is 1. The number of rotatable bonds is 5. The summed E-state index contributed by atoms with van der Waals surface area (Å²) in [7, 11) is -2.19. The highest BCUT2D eigenvalue weighted by Gasteiger charge is 2.13. The Hall–Kier alpha value is -2.12. The highest BCUT2D eigenvalue weighted by molar-refractivity contribution is 7.89. The molecule has 0 amide bonds. The number of anilines is 1. The molecular formula is C14H15FN2O3S. The average molecular weight is 310 g/mol. The van der Waals surface area contributed by atoms with Crippen molar-refractivity contribution >= 4 is 15.7 Å². The largest absolute Gasteiger partial charge is 0.495 e. The molecule has 0 bridgehead atoms. The zero-order chi connectivity index (χ0) is 15.5. The van der Waals surface area contributed by atoms with Crippen molar-refractivity contribution in [1.82, 2.24) is 4.72 Å². The number of methoxy groups -OCH3 is 1. The molecule has 112 valence electrons. The maximum atomic E-state index is 12.8. The number of sulfonamides is 1. The fourth-order valence-electron chi connectivity index (χ4n) is 1.77. The van der Waals surface area contributed by atoms with E-state index < -0.39 is 15.8 Å². The summed E-state index contributed by atoms with van der Waals surface area (Å²) in [6, 6.07) is 9.62. The normalized spacial score (nSPS) is 11.3. The minimum atomic E-state index is -3.69. The number of nitrogens with one attached hydrogen (secondary N) is 1. The molecule has 2 aromatic carbocycles. The number of hydrogen-bond donors (Lipinski definition) is 2. The quantitative estimate of drug-likeness (QED) is 0.826. The van der Waals surface area contributed by atoms with Crippen molar-refractivity contribution in [1.29, 1.82) is 0 Å². The van der Waals surface area contributed by atoms with Crippen molar-refractivity contribution in [2.75, 3.05) is 12.8 Å². The maximum absolute atomic E-state index is 12.8. The van der Waals surface area contributed by atoms with Crippen LogP contribution in [0.1, 0.15) is 5.56 Å². The molecule has 21 heavy (non-hydrogen) atoms. The molecule has 0 aliphatic carbocycles. The van der Waals surface area contributed by atoms with Crippen LogP contribution in [0.3, 0.4) is 0 Å². The number of benzene rings is 2. The molecule has 7 heteroatoms. The predicted molar refractivity (Wildman–Crippen MR) is 77.8 cm³/mol. The summed E-state index contributed by atoms with van der Waals surface area (Å²) in [4.78, 5) is 0.00498. The second-order valence-electron chi connectivity index (χ2n) is 4.35. The molecule has 0 saturated carbocycles. The molecule has 2 rings (SSSR count). The molecule has 0 fully saturated rings. The van der Waals surface area contributed by atoms with Crippen molar-refractivity contribution in [2.24, 2.45) is 0 Å². The van der Waals surface area contributed by atoms with Gasteiger partial charge in [-0.25, -0.2) is 17.5 Å². The first kappa shape index (κ1) is 15.3.